The van der Waals surface area contributed by atoms with Gasteiger partial charge in [0.25, 0.3) is 5.91 Å². The lowest BCUT2D eigenvalue weighted by atomic mass is 10.0. The van der Waals surface area contributed by atoms with Crippen LogP contribution < -0.4 is 16.4 Å². The molecule has 3 aromatic rings. The number of aliphatic carboxylic acids is 1. The maximum atomic E-state index is 12.6. The summed E-state index contributed by atoms with van der Waals surface area (Å²) < 4.78 is 0. The summed E-state index contributed by atoms with van der Waals surface area (Å²) in [7, 11) is 0. The molecule has 0 aliphatic carbocycles. The Morgan fingerprint density at radius 2 is 1.55 bits per heavy atom. The van der Waals surface area contributed by atoms with Crippen molar-refractivity contribution in [1.82, 2.24) is 0 Å². The number of anilines is 2. The maximum absolute atomic E-state index is 12.6. The molecule has 156 valence electrons. The standard InChI is InChI=1S/C22H19N5O4/c23-20(24)15-3-1-14-10-16(4-2-13(14)9-15)21(29)27-18-7-5-17(6-8-18)25-11-19(22(30)31)26-12-28/h1-10,12,25H,11H2,(H3,23,24)(H,27,29)(H,30,31). The van der Waals surface area contributed by atoms with E-state index in [1.807, 2.05) is 6.07 Å². The highest BCUT2D eigenvalue weighted by molar-refractivity contribution is 6.38. The number of aliphatic imine (C=N–C) groups is 1. The fourth-order valence-electron chi connectivity index (χ4n) is 2.86. The van der Waals surface area contributed by atoms with E-state index in [9.17, 15) is 14.4 Å². The Morgan fingerprint density at radius 1 is 0.968 bits per heavy atom. The van der Waals surface area contributed by atoms with Gasteiger partial charge in [-0.05, 0) is 53.2 Å². The Labute approximate surface area is 177 Å². The summed E-state index contributed by atoms with van der Waals surface area (Å²) >= 11 is 0. The highest BCUT2D eigenvalue weighted by Crippen LogP contribution is 2.20. The van der Waals surface area contributed by atoms with Gasteiger partial charge in [0, 0.05) is 22.5 Å². The van der Waals surface area contributed by atoms with E-state index in [0.717, 1.165) is 10.8 Å². The van der Waals surface area contributed by atoms with Crippen LogP contribution in [0, 0.1) is 5.41 Å². The molecule has 0 heterocycles. The zero-order valence-electron chi connectivity index (χ0n) is 16.3. The molecular formula is C22H19N5O4. The predicted molar refractivity (Wildman–Crippen MR) is 119 cm³/mol. The lowest BCUT2D eigenvalue weighted by Gasteiger charge is -2.09. The number of amides is 2. The van der Waals surface area contributed by atoms with Gasteiger partial charge in [0.1, 0.15) is 11.5 Å². The predicted octanol–water partition coefficient (Wildman–Crippen LogP) is 2.47. The number of nitrogen functional groups attached to an aromatic ring is 1. The van der Waals surface area contributed by atoms with Crippen molar-refractivity contribution < 1.29 is 19.5 Å². The second-order valence-corrected chi connectivity index (χ2v) is 6.56. The molecule has 0 aliphatic heterocycles. The number of carboxylic acid groups (broad SMARTS) is 1. The van der Waals surface area contributed by atoms with E-state index in [4.69, 9.17) is 16.2 Å². The maximum Gasteiger partial charge on any atom is 0.352 e. The van der Waals surface area contributed by atoms with Crippen molar-refractivity contribution in [3.8, 4) is 0 Å². The van der Waals surface area contributed by atoms with Gasteiger partial charge in [-0.15, -0.1) is 0 Å². The lowest BCUT2D eigenvalue weighted by molar-refractivity contribution is -0.129. The molecule has 2 amide bonds. The summed E-state index contributed by atoms with van der Waals surface area (Å²) in [6.07, 6.45) is 0.179. The molecule has 3 rings (SSSR count). The number of carbonyl (C=O) groups is 3. The van der Waals surface area contributed by atoms with Crippen LogP contribution in [0.2, 0.25) is 0 Å². The average molecular weight is 417 g/mol. The Hall–Kier alpha value is -4.53. The Balaban J connectivity index is 1.67. The molecular weight excluding hydrogens is 398 g/mol. The SMILES string of the molecule is N=C(N)c1ccc2cc(C(=O)Nc3ccc(NCC(=NC=O)C(=O)O)cc3)ccc2c1. The number of nitrogens with two attached hydrogens (primary N) is 1. The first-order chi connectivity index (χ1) is 14.9. The van der Waals surface area contributed by atoms with Crippen LogP contribution in [0.1, 0.15) is 15.9 Å². The highest BCUT2D eigenvalue weighted by atomic mass is 16.4. The normalized spacial score (nSPS) is 11.0. The molecule has 0 unspecified atom stereocenters. The molecule has 0 aliphatic rings. The van der Waals surface area contributed by atoms with Gasteiger partial charge in [0.2, 0.25) is 6.41 Å². The van der Waals surface area contributed by atoms with Gasteiger partial charge in [-0.3, -0.25) is 15.0 Å². The lowest BCUT2D eigenvalue weighted by Crippen LogP contribution is -2.23. The molecule has 0 atom stereocenters. The summed E-state index contributed by atoms with van der Waals surface area (Å²) in [4.78, 5) is 37.2. The van der Waals surface area contributed by atoms with Crippen LogP contribution in [0.15, 0.2) is 65.7 Å². The zero-order valence-corrected chi connectivity index (χ0v) is 16.3. The van der Waals surface area contributed by atoms with E-state index in [0.29, 0.717) is 22.5 Å². The molecule has 9 nitrogen and oxygen atoms in total. The number of amidine groups is 1. The number of hydrogen-bond acceptors (Lipinski definition) is 5. The summed E-state index contributed by atoms with van der Waals surface area (Å²) in [6, 6.07) is 17.2. The molecule has 0 saturated heterocycles. The number of hydrogen-bond donors (Lipinski definition) is 5. The van der Waals surface area contributed by atoms with E-state index in [2.05, 4.69) is 15.6 Å². The molecule has 0 aromatic heterocycles. The number of nitrogens with one attached hydrogen (secondary N) is 3. The Morgan fingerprint density at radius 3 is 2.13 bits per heavy atom. The highest BCUT2D eigenvalue weighted by Gasteiger charge is 2.10. The van der Waals surface area contributed by atoms with Crippen LogP contribution in [0.25, 0.3) is 10.8 Å². The molecule has 9 heteroatoms. The van der Waals surface area contributed by atoms with Crippen molar-refractivity contribution in [1.29, 1.82) is 5.41 Å². The van der Waals surface area contributed by atoms with Crippen LogP contribution in [-0.4, -0.2) is 41.5 Å². The van der Waals surface area contributed by atoms with E-state index < -0.39 is 5.97 Å². The molecule has 31 heavy (non-hydrogen) atoms. The average Bonchev–Trinajstić information content (AvgIpc) is 2.76. The third-order valence-electron chi connectivity index (χ3n) is 4.47. The third kappa shape index (κ3) is 5.30. The van der Waals surface area contributed by atoms with E-state index in [1.165, 1.54) is 0 Å². The topological polar surface area (TPSA) is 158 Å². The van der Waals surface area contributed by atoms with Gasteiger partial charge < -0.3 is 21.5 Å². The molecule has 0 radical (unpaired) electrons. The summed E-state index contributed by atoms with van der Waals surface area (Å²) in [5, 5.41) is 23.8. The molecule has 0 fully saturated rings. The number of fused-ring (bicyclic) bond motifs is 1. The minimum atomic E-state index is -1.28. The first kappa shape index (κ1) is 21.2. The van der Waals surface area contributed by atoms with Gasteiger partial charge in [-0.1, -0.05) is 18.2 Å². The summed E-state index contributed by atoms with van der Waals surface area (Å²) in [5.74, 6) is -1.59. The molecule has 3 aromatic carbocycles. The Bertz CT molecular complexity index is 1200. The van der Waals surface area contributed by atoms with Gasteiger partial charge in [-0.2, -0.15) is 0 Å². The minimum absolute atomic E-state index is 0.0168. The van der Waals surface area contributed by atoms with Crippen LogP contribution in [-0.2, 0) is 9.59 Å². The van der Waals surface area contributed by atoms with Gasteiger partial charge in [0.15, 0.2) is 0 Å². The number of nitrogens with zero attached hydrogens (tertiary/aromatic N) is 1. The van der Waals surface area contributed by atoms with Crippen LogP contribution in [0.3, 0.4) is 0 Å². The first-order valence-corrected chi connectivity index (χ1v) is 9.14. The number of carboxylic acids is 1. The fourth-order valence-corrected chi connectivity index (χ4v) is 2.86. The van der Waals surface area contributed by atoms with Crippen LogP contribution in [0.5, 0.6) is 0 Å². The second-order valence-electron chi connectivity index (χ2n) is 6.56. The molecule has 0 bridgehead atoms. The van der Waals surface area contributed by atoms with Crippen molar-refractivity contribution in [2.45, 2.75) is 0 Å². The van der Waals surface area contributed by atoms with Gasteiger partial charge in [-0.25, -0.2) is 9.79 Å². The third-order valence-corrected chi connectivity index (χ3v) is 4.47. The van der Waals surface area contributed by atoms with Crippen LogP contribution >= 0.6 is 0 Å². The van der Waals surface area contributed by atoms with Crippen molar-refractivity contribution >= 4 is 52.0 Å². The van der Waals surface area contributed by atoms with Crippen LogP contribution in [0.4, 0.5) is 11.4 Å². The minimum Gasteiger partial charge on any atom is -0.477 e. The number of rotatable bonds is 8. The van der Waals surface area contributed by atoms with Crippen molar-refractivity contribution in [3.63, 3.8) is 0 Å². The van der Waals surface area contributed by atoms with Crippen molar-refractivity contribution in [2.75, 3.05) is 17.2 Å². The summed E-state index contributed by atoms with van der Waals surface area (Å²) in [5.41, 5.74) is 7.45. The Kier molecular flexibility index (Phi) is 6.36. The largest absolute Gasteiger partial charge is 0.477 e. The molecule has 0 spiro atoms. The van der Waals surface area contributed by atoms with E-state index in [-0.39, 0.29) is 30.4 Å². The second kappa shape index (κ2) is 9.31. The number of benzene rings is 3. The molecule has 6 N–H and O–H groups in total. The van der Waals surface area contributed by atoms with Crippen molar-refractivity contribution in [3.05, 3.63) is 71.8 Å². The van der Waals surface area contributed by atoms with Gasteiger partial charge >= 0.3 is 5.97 Å². The van der Waals surface area contributed by atoms with E-state index >= 15 is 0 Å². The zero-order chi connectivity index (χ0) is 22.4. The quantitative estimate of drug-likeness (QED) is 0.215. The number of carbonyl (C=O) groups excluding carboxylic acids is 2. The fraction of sp³-hybridized carbons (Fsp3) is 0.0455. The smallest absolute Gasteiger partial charge is 0.352 e. The summed E-state index contributed by atoms with van der Waals surface area (Å²) in [6.45, 7) is -0.123. The monoisotopic (exact) mass is 417 g/mol. The van der Waals surface area contributed by atoms with Crippen molar-refractivity contribution in [2.24, 2.45) is 10.7 Å². The van der Waals surface area contributed by atoms with Gasteiger partial charge in [0.05, 0.1) is 6.54 Å². The first-order valence-electron chi connectivity index (χ1n) is 9.14. The molecule has 0 saturated carbocycles. The van der Waals surface area contributed by atoms with E-state index in [1.54, 1.807) is 54.6 Å².